The third-order valence-corrected chi connectivity index (χ3v) is 5.27. The Morgan fingerprint density at radius 3 is 2.04 bits per heavy atom. The van der Waals surface area contributed by atoms with Crippen LogP contribution >= 0.6 is 0 Å². The summed E-state index contributed by atoms with van der Waals surface area (Å²) in [5, 5.41) is 0. The van der Waals surface area contributed by atoms with Crippen molar-refractivity contribution in [2.45, 2.75) is 59.3 Å². The van der Waals surface area contributed by atoms with E-state index in [1.54, 1.807) is 12.3 Å². The Hall–Kier alpha value is -2.00. The first-order chi connectivity index (χ1) is 13.4. The molecule has 2 aromatic carbocycles. The molecule has 2 aromatic rings. The van der Waals surface area contributed by atoms with Gasteiger partial charge in [-0.05, 0) is 77.1 Å². The van der Waals surface area contributed by atoms with Crippen molar-refractivity contribution >= 4 is 28.0 Å². The summed E-state index contributed by atoms with van der Waals surface area (Å²) in [7, 11) is -0.966. The van der Waals surface area contributed by atoms with Crippen LogP contribution in [0.5, 0.6) is 0 Å². The molecule has 0 spiro atoms. The van der Waals surface area contributed by atoms with Crippen LogP contribution in [0.1, 0.15) is 71.1 Å². The third-order valence-electron chi connectivity index (χ3n) is 4.33. The second-order valence-electron chi connectivity index (χ2n) is 6.44. The second-order valence-corrected chi connectivity index (χ2v) is 7.81. The lowest BCUT2D eigenvalue weighted by Gasteiger charge is -2.05. The lowest BCUT2D eigenvalue weighted by molar-refractivity contribution is 0.627. The minimum Gasteiger partial charge on any atom is -0.255 e. The highest BCUT2D eigenvalue weighted by molar-refractivity contribution is 7.84. The maximum absolute atomic E-state index is 13.6. The SMILES string of the molecule is CC.CCC.CCC1=C(C)/C(=C\c2ccc(S(C)=O)cc2)c2ccc(F)cc21. The van der Waals surface area contributed by atoms with E-state index >= 15 is 0 Å². The summed E-state index contributed by atoms with van der Waals surface area (Å²) >= 11 is 0. The summed E-state index contributed by atoms with van der Waals surface area (Å²) < 4.78 is 25.1. The molecule has 1 aliphatic carbocycles. The summed E-state index contributed by atoms with van der Waals surface area (Å²) in [6.45, 7) is 12.4. The van der Waals surface area contributed by atoms with Crippen molar-refractivity contribution < 1.29 is 8.60 Å². The Labute approximate surface area is 172 Å². The number of rotatable bonds is 3. The van der Waals surface area contributed by atoms with Gasteiger partial charge in [-0.25, -0.2) is 4.39 Å². The molecule has 1 nitrogen and oxygen atoms in total. The first-order valence-corrected chi connectivity index (χ1v) is 11.6. The lowest BCUT2D eigenvalue weighted by atomic mass is 10.0. The summed E-state index contributed by atoms with van der Waals surface area (Å²) in [6, 6.07) is 12.7. The summed E-state index contributed by atoms with van der Waals surface area (Å²) in [5.74, 6) is -0.196. The molecule has 0 N–H and O–H groups in total. The van der Waals surface area contributed by atoms with Gasteiger partial charge in [0.25, 0.3) is 0 Å². The summed E-state index contributed by atoms with van der Waals surface area (Å²) in [5.41, 5.74) is 6.70. The Balaban J connectivity index is 0.000000717. The van der Waals surface area contributed by atoms with Gasteiger partial charge >= 0.3 is 0 Å². The highest BCUT2D eigenvalue weighted by Gasteiger charge is 2.22. The topological polar surface area (TPSA) is 17.1 Å². The molecule has 0 bridgehead atoms. The molecule has 0 aliphatic heterocycles. The highest BCUT2D eigenvalue weighted by atomic mass is 32.2. The van der Waals surface area contributed by atoms with Crippen LogP contribution in [0.3, 0.4) is 0 Å². The van der Waals surface area contributed by atoms with Gasteiger partial charge in [0.2, 0.25) is 0 Å². The zero-order valence-corrected chi connectivity index (χ0v) is 19.0. The fourth-order valence-corrected chi connectivity index (χ4v) is 3.65. The molecule has 28 heavy (non-hydrogen) atoms. The van der Waals surface area contributed by atoms with E-state index in [2.05, 4.69) is 33.8 Å². The molecular weight excluding hydrogens is 367 g/mol. The van der Waals surface area contributed by atoms with Crippen LogP contribution in [-0.4, -0.2) is 10.5 Å². The zero-order chi connectivity index (χ0) is 21.3. The van der Waals surface area contributed by atoms with Gasteiger partial charge in [0.1, 0.15) is 5.82 Å². The fraction of sp³-hybridized carbons (Fsp3) is 0.360. The third kappa shape index (κ3) is 5.75. The molecular formula is C25H33FOS. The average molecular weight is 401 g/mol. The van der Waals surface area contributed by atoms with E-state index in [9.17, 15) is 8.60 Å². The zero-order valence-electron chi connectivity index (χ0n) is 18.2. The predicted molar refractivity (Wildman–Crippen MR) is 123 cm³/mol. The van der Waals surface area contributed by atoms with Gasteiger partial charge in [0, 0.05) is 22.0 Å². The van der Waals surface area contributed by atoms with Crippen molar-refractivity contribution in [3.63, 3.8) is 0 Å². The van der Waals surface area contributed by atoms with Crippen LogP contribution in [0.25, 0.3) is 17.2 Å². The van der Waals surface area contributed by atoms with Crippen LogP contribution in [0.15, 0.2) is 52.9 Å². The Morgan fingerprint density at radius 2 is 1.54 bits per heavy atom. The van der Waals surface area contributed by atoms with E-state index in [4.69, 9.17) is 0 Å². The molecule has 0 fully saturated rings. The first kappa shape index (κ1) is 24.0. The fourth-order valence-electron chi connectivity index (χ4n) is 3.13. The average Bonchev–Trinajstić information content (AvgIpc) is 2.94. The van der Waals surface area contributed by atoms with Crippen molar-refractivity contribution in [2.75, 3.05) is 6.26 Å². The van der Waals surface area contributed by atoms with Crippen molar-refractivity contribution in [1.82, 2.24) is 0 Å². The first-order valence-electron chi connectivity index (χ1n) is 10.1. The molecule has 0 saturated heterocycles. The second kappa shape index (κ2) is 11.8. The van der Waals surface area contributed by atoms with Crippen LogP contribution < -0.4 is 0 Å². The van der Waals surface area contributed by atoms with Gasteiger partial charge in [-0.2, -0.15) is 0 Å². The van der Waals surface area contributed by atoms with E-state index < -0.39 is 10.8 Å². The minimum atomic E-state index is -0.966. The molecule has 0 aromatic heterocycles. The van der Waals surface area contributed by atoms with E-state index in [1.165, 1.54) is 23.6 Å². The van der Waals surface area contributed by atoms with Crippen LogP contribution in [-0.2, 0) is 10.8 Å². The molecule has 3 heteroatoms. The number of allylic oxidation sites excluding steroid dienone is 3. The lowest BCUT2D eigenvalue weighted by Crippen LogP contribution is -1.88. The van der Waals surface area contributed by atoms with Gasteiger partial charge in [0.05, 0.1) is 0 Å². The normalized spacial score (nSPS) is 14.6. The van der Waals surface area contributed by atoms with Crippen LogP contribution in [0, 0.1) is 5.82 Å². The maximum atomic E-state index is 13.6. The molecule has 1 atom stereocenters. The van der Waals surface area contributed by atoms with Gasteiger partial charge in [-0.15, -0.1) is 0 Å². The maximum Gasteiger partial charge on any atom is 0.123 e. The van der Waals surface area contributed by atoms with Gasteiger partial charge in [0.15, 0.2) is 0 Å². The molecule has 1 unspecified atom stereocenters. The number of benzene rings is 2. The Kier molecular flexibility index (Phi) is 10.1. The highest BCUT2D eigenvalue weighted by Crippen LogP contribution is 2.43. The predicted octanol–water partition coefficient (Wildman–Crippen LogP) is 7.74. The number of hydrogen-bond donors (Lipinski definition) is 0. The number of fused-ring (bicyclic) bond motifs is 1. The van der Waals surface area contributed by atoms with Crippen LogP contribution in [0.4, 0.5) is 4.39 Å². The molecule has 0 heterocycles. The standard InChI is InChI=1S/C20H19FOS.C3H8.C2H6/c1-4-17-13(2)19(18-10-7-15(21)12-20(17)18)11-14-5-8-16(9-6-14)23(3)22;1-3-2;1-2/h5-12H,4H2,1-3H3;3H2,1-2H3;1-2H3/b19-11+;;. The largest absolute Gasteiger partial charge is 0.255 e. The molecule has 3 rings (SSSR count). The molecule has 0 radical (unpaired) electrons. The van der Waals surface area contributed by atoms with Crippen molar-refractivity contribution in [3.8, 4) is 0 Å². The van der Waals surface area contributed by atoms with Gasteiger partial charge in [-0.3, -0.25) is 4.21 Å². The van der Waals surface area contributed by atoms with E-state index in [1.807, 2.05) is 44.2 Å². The van der Waals surface area contributed by atoms with Crippen molar-refractivity contribution in [1.29, 1.82) is 0 Å². The number of halogens is 1. The molecule has 152 valence electrons. The van der Waals surface area contributed by atoms with Gasteiger partial charge in [-0.1, -0.05) is 59.2 Å². The molecule has 0 amide bonds. The summed E-state index contributed by atoms with van der Waals surface area (Å²) in [6.07, 6.45) is 5.93. The van der Waals surface area contributed by atoms with E-state index in [-0.39, 0.29) is 5.82 Å². The summed E-state index contributed by atoms with van der Waals surface area (Å²) in [4.78, 5) is 0.822. The van der Waals surface area contributed by atoms with Crippen LogP contribution in [0.2, 0.25) is 0 Å². The Bertz CT molecular complexity index is 861. The van der Waals surface area contributed by atoms with Crippen molar-refractivity contribution in [2.24, 2.45) is 0 Å². The Morgan fingerprint density at radius 1 is 0.964 bits per heavy atom. The minimum absolute atomic E-state index is 0.196. The monoisotopic (exact) mass is 400 g/mol. The molecule has 1 aliphatic rings. The van der Waals surface area contributed by atoms with Crippen molar-refractivity contribution in [3.05, 3.63) is 70.5 Å². The van der Waals surface area contributed by atoms with E-state index in [0.29, 0.717) is 0 Å². The smallest absolute Gasteiger partial charge is 0.123 e. The van der Waals surface area contributed by atoms with E-state index in [0.717, 1.165) is 33.6 Å². The molecule has 0 saturated carbocycles. The number of hydrogen-bond acceptors (Lipinski definition) is 1. The van der Waals surface area contributed by atoms with Gasteiger partial charge < -0.3 is 0 Å². The quantitative estimate of drug-likeness (QED) is 0.515.